The predicted molar refractivity (Wildman–Crippen MR) is 105 cm³/mol. The normalized spacial score (nSPS) is 17.5. The Kier molecular flexibility index (Phi) is 6.40. The van der Waals surface area contributed by atoms with E-state index in [2.05, 4.69) is 53.1 Å². The zero-order valence-electron chi connectivity index (χ0n) is 15.9. The molecule has 0 spiro atoms. The largest absolute Gasteiger partial charge is 0.336 e. The third-order valence-electron chi connectivity index (χ3n) is 5.04. The minimum absolute atomic E-state index is 0.221. The summed E-state index contributed by atoms with van der Waals surface area (Å²) in [7, 11) is 4.16. The molecule has 0 bridgehead atoms. The highest BCUT2D eigenvalue weighted by atomic mass is 16.2. The number of aromatic nitrogens is 1. The Morgan fingerprint density at radius 2 is 1.96 bits per heavy atom. The van der Waals surface area contributed by atoms with Crippen LogP contribution in [0.4, 0.5) is 0 Å². The van der Waals surface area contributed by atoms with E-state index < -0.39 is 0 Å². The van der Waals surface area contributed by atoms with Gasteiger partial charge in [-0.15, -0.1) is 0 Å². The van der Waals surface area contributed by atoms with Crippen molar-refractivity contribution >= 4 is 5.91 Å². The van der Waals surface area contributed by atoms with Gasteiger partial charge < -0.3 is 9.80 Å². The van der Waals surface area contributed by atoms with Crippen LogP contribution in [-0.2, 0) is 17.8 Å². The second-order valence-electron chi connectivity index (χ2n) is 7.44. The predicted octanol–water partition coefficient (Wildman–Crippen LogP) is 3.83. The minimum Gasteiger partial charge on any atom is -0.336 e. The molecule has 0 radical (unpaired) electrons. The van der Waals surface area contributed by atoms with Gasteiger partial charge in [-0.3, -0.25) is 9.78 Å². The van der Waals surface area contributed by atoms with Gasteiger partial charge in [0.25, 0.3) is 0 Å². The molecule has 4 nitrogen and oxygen atoms in total. The van der Waals surface area contributed by atoms with Crippen molar-refractivity contribution in [3.05, 3.63) is 65.5 Å². The van der Waals surface area contributed by atoms with E-state index in [0.717, 1.165) is 37.9 Å². The number of pyridine rings is 1. The summed E-state index contributed by atoms with van der Waals surface area (Å²) in [6.07, 6.45) is 8.30. The van der Waals surface area contributed by atoms with Crippen molar-refractivity contribution in [3.8, 4) is 0 Å². The van der Waals surface area contributed by atoms with Crippen LogP contribution in [0.5, 0.6) is 0 Å². The van der Waals surface area contributed by atoms with Crippen LogP contribution in [0, 0.1) is 0 Å². The molecule has 1 saturated heterocycles. The molecule has 26 heavy (non-hydrogen) atoms. The van der Waals surface area contributed by atoms with Crippen LogP contribution in [0.3, 0.4) is 0 Å². The first-order chi connectivity index (χ1) is 12.6. The average Bonchev–Trinajstić information content (AvgIpc) is 2.67. The summed E-state index contributed by atoms with van der Waals surface area (Å²) in [4.78, 5) is 21.3. The Morgan fingerprint density at radius 3 is 2.65 bits per heavy atom. The third-order valence-corrected chi connectivity index (χ3v) is 5.04. The van der Waals surface area contributed by atoms with E-state index in [0.29, 0.717) is 6.42 Å². The molecular weight excluding hydrogens is 322 g/mol. The molecule has 1 aromatic heterocycles. The van der Waals surface area contributed by atoms with Crippen LogP contribution >= 0.6 is 0 Å². The molecule has 3 rings (SSSR count). The van der Waals surface area contributed by atoms with E-state index in [-0.39, 0.29) is 11.9 Å². The summed E-state index contributed by atoms with van der Waals surface area (Å²) < 4.78 is 0. The zero-order valence-corrected chi connectivity index (χ0v) is 15.9. The monoisotopic (exact) mass is 351 g/mol. The summed E-state index contributed by atoms with van der Waals surface area (Å²) in [6.45, 7) is 1.81. The fourth-order valence-electron chi connectivity index (χ4n) is 3.73. The number of likely N-dealkylation sites (tertiary alicyclic amines) is 1. The van der Waals surface area contributed by atoms with Crippen LogP contribution < -0.4 is 0 Å². The van der Waals surface area contributed by atoms with E-state index in [1.54, 1.807) is 6.20 Å². The lowest BCUT2D eigenvalue weighted by molar-refractivity contribution is -0.135. The Morgan fingerprint density at radius 1 is 1.15 bits per heavy atom. The van der Waals surface area contributed by atoms with Crippen LogP contribution in [0.1, 0.15) is 48.4 Å². The van der Waals surface area contributed by atoms with E-state index in [4.69, 9.17) is 0 Å². The highest BCUT2D eigenvalue weighted by molar-refractivity contribution is 5.77. The van der Waals surface area contributed by atoms with Gasteiger partial charge in [-0.25, -0.2) is 0 Å². The van der Waals surface area contributed by atoms with Gasteiger partial charge in [-0.05, 0) is 62.5 Å². The number of aryl methyl sites for hydroxylation is 1. The lowest BCUT2D eigenvalue weighted by atomic mass is 9.94. The van der Waals surface area contributed by atoms with Gasteiger partial charge in [0.2, 0.25) is 5.91 Å². The SMILES string of the molecule is CN(C)Cc1ccc([C@H]2CCCCN2C(=O)CCc2cccnc2)cc1. The van der Waals surface area contributed by atoms with Crippen LogP contribution in [0.2, 0.25) is 0 Å². The fourth-order valence-corrected chi connectivity index (χ4v) is 3.73. The number of hydrogen-bond acceptors (Lipinski definition) is 3. The summed E-state index contributed by atoms with van der Waals surface area (Å²) in [5.74, 6) is 0.260. The Bertz CT molecular complexity index is 697. The van der Waals surface area contributed by atoms with Crippen molar-refractivity contribution in [2.24, 2.45) is 0 Å². The molecular formula is C22H29N3O. The molecule has 2 heterocycles. The molecule has 0 N–H and O–H groups in total. The van der Waals surface area contributed by atoms with Crippen molar-refractivity contribution in [1.82, 2.24) is 14.8 Å². The van der Waals surface area contributed by atoms with Gasteiger partial charge in [-0.1, -0.05) is 30.3 Å². The molecule has 1 atom stereocenters. The van der Waals surface area contributed by atoms with Gasteiger partial charge in [0.15, 0.2) is 0 Å². The number of carbonyl (C=O) groups is 1. The van der Waals surface area contributed by atoms with Gasteiger partial charge in [0.1, 0.15) is 0 Å². The van der Waals surface area contributed by atoms with Crippen LogP contribution in [0.15, 0.2) is 48.8 Å². The zero-order chi connectivity index (χ0) is 18.4. The molecule has 1 amide bonds. The first-order valence-corrected chi connectivity index (χ1v) is 9.55. The van der Waals surface area contributed by atoms with E-state index in [9.17, 15) is 4.79 Å². The third kappa shape index (κ3) is 4.92. The quantitative estimate of drug-likeness (QED) is 0.794. The summed E-state index contributed by atoms with van der Waals surface area (Å²) in [5, 5.41) is 0. The van der Waals surface area contributed by atoms with Crippen molar-refractivity contribution in [2.75, 3.05) is 20.6 Å². The van der Waals surface area contributed by atoms with Crippen molar-refractivity contribution in [3.63, 3.8) is 0 Å². The number of nitrogens with zero attached hydrogens (tertiary/aromatic N) is 3. The van der Waals surface area contributed by atoms with Gasteiger partial charge in [0.05, 0.1) is 6.04 Å². The molecule has 1 fully saturated rings. The van der Waals surface area contributed by atoms with Crippen molar-refractivity contribution in [1.29, 1.82) is 0 Å². The second-order valence-corrected chi connectivity index (χ2v) is 7.44. The Hall–Kier alpha value is -2.20. The number of benzene rings is 1. The molecule has 138 valence electrons. The van der Waals surface area contributed by atoms with Crippen molar-refractivity contribution in [2.45, 2.75) is 44.7 Å². The molecule has 0 aliphatic carbocycles. The molecule has 1 aliphatic heterocycles. The smallest absolute Gasteiger partial charge is 0.223 e. The molecule has 2 aromatic rings. The number of amides is 1. The molecule has 4 heteroatoms. The highest BCUT2D eigenvalue weighted by Crippen LogP contribution is 2.31. The maximum Gasteiger partial charge on any atom is 0.223 e. The summed E-state index contributed by atoms with van der Waals surface area (Å²) in [5.41, 5.74) is 3.70. The van der Waals surface area contributed by atoms with Gasteiger partial charge in [0, 0.05) is 31.9 Å². The number of carbonyl (C=O) groups excluding carboxylic acids is 1. The van der Waals surface area contributed by atoms with Crippen LogP contribution in [-0.4, -0.2) is 41.3 Å². The lowest BCUT2D eigenvalue weighted by Gasteiger charge is -2.36. The number of piperidine rings is 1. The van der Waals surface area contributed by atoms with E-state index >= 15 is 0 Å². The maximum absolute atomic E-state index is 12.9. The molecule has 1 aliphatic rings. The summed E-state index contributed by atoms with van der Waals surface area (Å²) in [6, 6.07) is 13.0. The van der Waals surface area contributed by atoms with Crippen LogP contribution in [0.25, 0.3) is 0 Å². The topological polar surface area (TPSA) is 36.4 Å². The Balaban J connectivity index is 1.66. The van der Waals surface area contributed by atoms with E-state index in [1.165, 1.54) is 17.5 Å². The van der Waals surface area contributed by atoms with E-state index in [1.807, 2.05) is 18.3 Å². The standard InChI is InChI=1S/C22H29N3O/c1-24(2)17-19-8-11-20(12-9-19)21-7-3-4-15-25(21)22(26)13-10-18-6-5-14-23-16-18/h5-6,8-9,11-12,14,16,21H,3-4,7,10,13,15,17H2,1-2H3/t21-/m1/s1. The Labute approximate surface area is 156 Å². The fraction of sp³-hybridized carbons (Fsp3) is 0.455. The maximum atomic E-state index is 12.9. The highest BCUT2D eigenvalue weighted by Gasteiger charge is 2.27. The first kappa shape index (κ1) is 18.6. The average molecular weight is 351 g/mol. The molecule has 0 unspecified atom stereocenters. The van der Waals surface area contributed by atoms with Gasteiger partial charge in [-0.2, -0.15) is 0 Å². The number of rotatable bonds is 6. The second kappa shape index (κ2) is 8.95. The molecule has 0 saturated carbocycles. The molecule has 1 aromatic carbocycles. The first-order valence-electron chi connectivity index (χ1n) is 9.55. The minimum atomic E-state index is 0.221. The number of hydrogen-bond donors (Lipinski definition) is 0. The summed E-state index contributed by atoms with van der Waals surface area (Å²) >= 11 is 0. The van der Waals surface area contributed by atoms with Crippen molar-refractivity contribution < 1.29 is 4.79 Å². The lowest BCUT2D eigenvalue weighted by Crippen LogP contribution is -2.38. The van der Waals surface area contributed by atoms with Gasteiger partial charge >= 0.3 is 0 Å².